The van der Waals surface area contributed by atoms with Crippen molar-refractivity contribution in [3.63, 3.8) is 0 Å². The van der Waals surface area contributed by atoms with Crippen molar-refractivity contribution in [3.05, 3.63) is 0 Å². The third-order valence-corrected chi connectivity index (χ3v) is 5.36. The van der Waals surface area contributed by atoms with Gasteiger partial charge in [0.2, 0.25) is 0 Å². The number of piperazine rings is 1. The smallest absolute Gasteiger partial charge is 0.0580 e. The summed E-state index contributed by atoms with van der Waals surface area (Å²) in [5.41, 5.74) is 0. The van der Waals surface area contributed by atoms with Gasteiger partial charge in [-0.05, 0) is 31.6 Å². The van der Waals surface area contributed by atoms with Crippen LogP contribution >= 0.6 is 0 Å². The second-order valence-corrected chi connectivity index (χ2v) is 6.53. The van der Waals surface area contributed by atoms with Crippen LogP contribution in [0.25, 0.3) is 0 Å². The molecule has 18 heavy (non-hydrogen) atoms. The molecule has 1 saturated heterocycles. The van der Waals surface area contributed by atoms with Crippen LogP contribution < -0.4 is 0 Å². The summed E-state index contributed by atoms with van der Waals surface area (Å²) in [5, 5.41) is 9.91. The molecule has 3 nitrogen and oxygen atoms in total. The van der Waals surface area contributed by atoms with Crippen LogP contribution in [0, 0.1) is 5.92 Å². The number of rotatable bonds is 3. The Kier molecular flexibility index (Phi) is 4.22. The summed E-state index contributed by atoms with van der Waals surface area (Å²) in [6.07, 6.45) is 9.24. The van der Waals surface area contributed by atoms with E-state index in [9.17, 15) is 5.11 Å². The van der Waals surface area contributed by atoms with Crippen LogP contribution in [0.15, 0.2) is 0 Å². The molecule has 2 aliphatic carbocycles. The molecule has 1 aliphatic heterocycles. The van der Waals surface area contributed by atoms with Crippen molar-refractivity contribution < 1.29 is 5.11 Å². The molecule has 3 fully saturated rings. The third-order valence-electron chi connectivity index (χ3n) is 5.36. The Morgan fingerprint density at radius 3 is 2.17 bits per heavy atom. The van der Waals surface area contributed by atoms with Gasteiger partial charge in [-0.25, -0.2) is 0 Å². The van der Waals surface area contributed by atoms with Gasteiger partial charge < -0.3 is 10.0 Å². The van der Waals surface area contributed by atoms with E-state index in [4.69, 9.17) is 0 Å². The number of hydrogen-bond acceptors (Lipinski definition) is 3. The Labute approximate surface area is 111 Å². The SMILES string of the molecule is OC1CCCC1CN1CCN(C2CCCC2)CC1. The van der Waals surface area contributed by atoms with Gasteiger partial charge in [0, 0.05) is 38.8 Å². The Balaban J connectivity index is 1.42. The van der Waals surface area contributed by atoms with Crippen molar-refractivity contribution in [1.82, 2.24) is 9.80 Å². The molecule has 2 saturated carbocycles. The minimum Gasteiger partial charge on any atom is -0.393 e. The molecule has 0 bridgehead atoms. The average Bonchev–Trinajstić information content (AvgIpc) is 3.03. The molecule has 0 radical (unpaired) electrons. The van der Waals surface area contributed by atoms with Crippen LogP contribution in [-0.2, 0) is 0 Å². The lowest BCUT2D eigenvalue weighted by Crippen LogP contribution is -2.51. The second kappa shape index (κ2) is 5.89. The Hall–Kier alpha value is -0.120. The summed E-state index contributed by atoms with van der Waals surface area (Å²) in [4.78, 5) is 5.30. The lowest BCUT2D eigenvalue weighted by molar-refractivity contribution is 0.0601. The number of aliphatic hydroxyl groups excluding tert-OH is 1. The van der Waals surface area contributed by atoms with Gasteiger partial charge in [0.15, 0.2) is 0 Å². The maximum absolute atomic E-state index is 9.91. The van der Waals surface area contributed by atoms with E-state index in [1.54, 1.807) is 0 Å². The van der Waals surface area contributed by atoms with E-state index in [1.807, 2.05) is 0 Å². The van der Waals surface area contributed by atoms with Gasteiger partial charge in [-0.15, -0.1) is 0 Å². The number of nitrogens with zero attached hydrogens (tertiary/aromatic N) is 2. The monoisotopic (exact) mass is 252 g/mol. The first-order valence-corrected chi connectivity index (χ1v) is 7.97. The van der Waals surface area contributed by atoms with Crippen LogP contribution in [0.5, 0.6) is 0 Å². The molecular weight excluding hydrogens is 224 g/mol. The minimum absolute atomic E-state index is 0.0159. The summed E-state index contributed by atoms with van der Waals surface area (Å²) in [5.74, 6) is 0.558. The summed E-state index contributed by atoms with van der Waals surface area (Å²) < 4.78 is 0. The first-order valence-electron chi connectivity index (χ1n) is 7.97. The lowest BCUT2D eigenvalue weighted by atomic mass is 10.0. The Morgan fingerprint density at radius 1 is 0.833 bits per heavy atom. The molecule has 3 aliphatic rings. The van der Waals surface area contributed by atoms with Crippen molar-refractivity contribution in [2.24, 2.45) is 5.92 Å². The zero-order valence-electron chi connectivity index (χ0n) is 11.6. The van der Waals surface area contributed by atoms with Crippen LogP contribution in [-0.4, -0.2) is 59.8 Å². The summed E-state index contributed by atoms with van der Waals surface area (Å²) >= 11 is 0. The highest BCUT2D eigenvalue weighted by Crippen LogP contribution is 2.28. The fourth-order valence-electron chi connectivity index (χ4n) is 4.14. The van der Waals surface area contributed by atoms with Crippen LogP contribution in [0.2, 0.25) is 0 Å². The van der Waals surface area contributed by atoms with Crippen LogP contribution in [0.1, 0.15) is 44.9 Å². The zero-order valence-corrected chi connectivity index (χ0v) is 11.6. The quantitative estimate of drug-likeness (QED) is 0.828. The predicted molar refractivity (Wildman–Crippen MR) is 73.6 cm³/mol. The van der Waals surface area contributed by atoms with Gasteiger partial charge in [0.05, 0.1) is 6.10 Å². The Bertz CT molecular complexity index is 257. The first kappa shape index (κ1) is 12.9. The lowest BCUT2D eigenvalue weighted by Gasteiger charge is -2.39. The molecule has 3 heteroatoms. The standard InChI is InChI=1S/C15H28N2O/c18-15-7-3-4-13(15)12-16-8-10-17(11-9-16)14-5-1-2-6-14/h13-15,18H,1-12H2. The molecule has 0 spiro atoms. The highest BCUT2D eigenvalue weighted by molar-refractivity contribution is 4.85. The third kappa shape index (κ3) is 2.89. The van der Waals surface area contributed by atoms with Gasteiger partial charge in [0.25, 0.3) is 0 Å². The van der Waals surface area contributed by atoms with E-state index in [-0.39, 0.29) is 6.10 Å². The average molecular weight is 252 g/mol. The zero-order chi connectivity index (χ0) is 12.4. The summed E-state index contributed by atoms with van der Waals surface area (Å²) in [6, 6.07) is 0.893. The highest BCUT2D eigenvalue weighted by Gasteiger charge is 2.30. The van der Waals surface area contributed by atoms with Crippen molar-refractivity contribution >= 4 is 0 Å². The van der Waals surface area contributed by atoms with Crippen molar-refractivity contribution in [2.75, 3.05) is 32.7 Å². The molecule has 3 rings (SSSR count). The van der Waals surface area contributed by atoms with Crippen molar-refractivity contribution in [3.8, 4) is 0 Å². The molecule has 0 amide bonds. The molecule has 0 aromatic heterocycles. The number of hydrogen-bond donors (Lipinski definition) is 1. The van der Waals surface area contributed by atoms with Crippen LogP contribution in [0.4, 0.5) is 0 Å². The Morgan fingerprint density at radius 2 is 1.56 bits per heavy atom. The van der Waals surface area contributed by atoms with Gasteiger partial charge in [-0.3, -0.25) is 4.90 Å². The van der Waals surface area contributed by atoms with E-state index in [0.717, 1.165) is 19.0 Å². The molecular formula is C15H28N2O. The van der Waals surface area contributed by atoms with Crippen LogP contribution in [0.3, 0.4) is 0 Å². The maximum atomic E-state index is 9.91. The molecule has 1 N–H and O–H groups in total. The molecule has 2 atom stereocenters. The van der Waals surface area contributed by atoms with E-state index in [1.165, 1.54) is 64.7 Å². The highest BCUT2D eigenvalue weighted by atomic mass is 16.3. The maximum Gasteiger partial charge on any atom is 0.0580 e. The fraction of sp³-hybridized carbons (Fsp3) is 1.00. The fourth-order valence-corrected chi connectivity index (χ4v) is 4.14. The van der Waals surface area contributed by atoms with Gasteiger partial charge >= 0.3 is 0 Å². The van der Waals surface area contributed by atoms with Crippen molar-refractivity contribution in [1.29, 1.82) is 0 Å². The van der Waals surface area contributed by atoms with Gasteiger partial charge in [0.1, 0.15) is 0 Å². The molecule has 1 heterocycles. The van der Waals surface area contributed by atoms with E-state index < -0.39 is 0 Å². The summed E-state index contributed by atoms with van der Waals surface area (Å²) in [6.45, 7) is 6.10. The second-order valence-electron chi connectivity index (χ2n) is 6.53. The van der Waals surface area contributed by atoms with E-state index in [0.29, 0.717) is 5.92 Å². The largest absolute Gasteiger partial charge is 0.393 e. The van der Waals surface area contributed by atoms with Gasteiger partial charge in [-0.1, -0.05) is 19.3 Å². The topological polar surface area (TPSA) is 26.7 Å². The van der Waals surface area contributed by atoms with E-state index in [2.05, 4.69) is 9.80 Å². The predicted octanol–water partition coefficient (Wildman–Crippen LogP) is 1.71. The van der Waals surface area contributed by atoms with E-state index >= 15 is 0 Å². The van der Waals surface area contributed by atoms with Gasteiger partial charge in [-0.2, -0.15) is 0 Å². The first-order chi connectivity index (χ1) is 8.83. The summed E-state index contributed by atoms with van der Waals surface area (Å²) in [7, 11) is 0. The molecule has 0 aromatic carbocycles. The molecule has 104 valence electrons. The molecule has 2 unspecified atom stereocenters. The van der Waals surface area contributed by atoms with Crippen molar-refractivity contribution in [2.45, 2.75) is 57.1 Å². The molecule has 0 aromatic rings. The number of aliphatic hydroxyl groups is 1. The normalized spacial score (nSPS) is 36.5. The minimum atomic E-state index is -0.0159.